The van der Waals surface area contributed by atoms with E-state index in [4.69, 9.17) is 9.47 Å². The summed E-state index contributed by atoms with van der Waals surface area (Å²) in [5.41, 5.74) is 17.5. The van der Waals surface area contributed by atoms with Crippen LogP contribution < -0.4 is 30.2 Å². The van der Waals surface area contributed by atoms with Crippen LogP contribution in [0.25, 0.3) is 64.2 Å². The molecule has 0 radical (unpaired) electrons. The SMILES string of the molecule is CC(C)(C)c1ccc(N2c3cc4c(cc3B3c5c2cc2ccccc2c5-c2cc(N(c5ccccc5)c5ccccc5)cc5c6sc7ccccc7c6n3c25)Oc2ccccc2O4)c(-c2ccccc2)c1. The normalized spacial score (nSPS) is 13.2. The zero-order valence-electron chi connectivity index (χ0n) is 39.4. The van der Waals surface area contributed by atoms with Gasteiger partial charge in [0.1, 0.15) is 0 Å². The molecule has 2 aromatic heterocycles. The molecule has 0 unspecified atom stereocenters. The number of benzene rings is 10. The Bertz CT molecular complexity index is 4140. The van der Waals surface area contributed by atoms with Crippen molar-refractivity contribution in [3.05, 3.63) is 218 Å². The van der Waals surface area contributed by atoms with Crippen LogP contribution in [0.15, 0.2) is 212 Å². The summed E-state index contributed by atoms with van der Waals surface area (Å²) in [6.07, 6.45) is 0. The number of ether oxygens (including phenoxy) is 2. The van der Waals surface area contributed by atoms with Crippen LogP contribution in [0, 0.1) is 0 Å². The van der Waals surface area contributed by atoms with Crippen LogP contribution >= 0.6 is 11.3 Å². The first-order valence-electron chi connectivity index (χ1n) is 24.4. The van der Waals surface area contributed by atoms with Gasteiger partial charge in [-0.15, -0.1) is 11.3 Å². The summed E-state index contributed by atoms with van der Waals surface area (Å²) in [5.74, 6) is 2.81. The molecule has 7 heteroatoms. The Morgan fingerprint density at radius 1 is 0.479 bits per heavy atom. The summed E-state index contributed by atoms with van der Waals surface area (Å²) < 4.78 is 18.9. The second-order valence-electron chi connectivity index (χ2n) is 20.0. The van der Waals surface area contributed by atoms with Gasteiger partial charge in [-0.2, -0.15) is 0 Å². The predicted molar refractivity (Wildman–Crippen MR) is 298 cm³/mol. The number of nitrogens with zero attached hydrogens (tertiary/aromatic N) is 3. The van der Waals surface area contributed by atoms with Gasteiger partial charge >= 0.3 is 6.85 Å². The van der Waals surface area contributed by atoms with Gasteiger partial charge in [-0.05, 0) is 123 Å². The first-order valence-corrected chi connectivity index (χ1v) is 25.3. The van der Waals surface area contributed by atoms with E-state index in [1.807, 2.05) is 35.6 Å². The number of para-hydroxylation sites is 4. The number of fused-ring (bicyclic) bond motifs is 13. The van der Waals surface area contributed by atoms with Crippen molar-refractivity contribution in [2.24, 2.45) is 0 Å². The summed E-state index contributed by atoms with van der Waals surface area (Å²) in [5, 5.41) is 4.90. The standard InChI is InChI=1S/C64H44BN3O2S/c1-64(2,3)41-31-32-51(47(34-41)39-19-7-4-8-20-39)67-52-38-57-56(69-54-28-16-17-29-55(54)70-57)37-50(52)65-60-53(67)33-40-21-13-14-26-45(40)59(60)48-35-44(66(42-22-9-5-10-23-42)43-24-11-6-12-25-43)36-49-61(48)68(65)62-46-27-15-18-30-58(46)71-63(49)62/h4-38H,1-3H3. The fourth-order valence-electron chi connectivity index (χ4n) is 11.7. The van der Waals surface area contributed by atoms with Crippen molar-refractivity contribution in [1.82, 2.24) is 4.48 Å². The average molecular weight is 930 g/mol. The first-order chi connectivity index (χ1) is 34.9. The van der Waals surface area contributed by atoms with Crippen LogP contribution in [-0.4, -0.2) is 11.3 Å². The van der Waals surface area contributed by atoms with Crippen LogP contribution in [0.1, 0.15) is 26.3 Å². The maximum Gasteiger partial charge on any atom is 0.333 e. The van der Waals surface area contributed by atoms with Gasteiger partial charge in [-0.1, -0.05) is 148 Å². The van der Waals surface area contributed by atoms with E-state index >= 15 is 0 Å². The fourth-order valence-corrected chi connectivity index (χ4v) is 13.0. The van der Waals surface area contributed by atoms with Gasteiger partial charge in [0.25, 0.3) is 0 Å². The summed E-state index contributed by atoms with van der Waals surface area (Å²) in [6.45, 7) is 6.67. The lowest BCUT2D eigenvalue weighted by Crippen LogP contribution is -2.56. The van der Waals surface area contributed by atoms with Crippen molar-refractivity contribution in [2.75, 3.05) is 9.80 Å². The molecular weight excluding hydrogens is 886 g/mol. The van der Waals surface area contributed by atoms with Gasteiger partial charge in [-0.25, -0.2) is 0 Å². The highest BCUT2D eigenvalue weighted by Crippen LogP contribution is 2.55. The molecule has 336 valence electrons. The molecule has 0 saturated carbocycles. The molecule has 5 heterocycles. The third kappa shape index (κ3) is 5.93. The van der Waals surface area contributed by atoms with Crippen LogP contribution in [0.3, 0.4) is 0 Å². The number of hydrogen-bond donors (Lipinski definition) is 0. The minimum absolute atomic E-state index is 0.0734. The minimum atomic E-state index is -0.230. The number of rotatable bonds is 5. The summed E-state index contributed by atoms with van der Waals surface area (Å²) >= 11 is 1.90. The van der Waals surface area contributed by atoms with Crippen LogP contribution in [-0.2, 0) is 5.41 Å². The molecule has 0 aliphatic carbocycles. The second-order valence-corrected chi connectivity index (χ2v) is 21.1. The smallest absolute Gasteiger partial charge is 0.333 e. The highest BCUT2D eigenvalue weighted by Gasteiger charge is 2.46. The van der Waals surface area contributed by atoms with E-state index in [0.29, 0.717) is 23.0 Å². The quantitative estimate of drug-likeness (QED) is 0.161. The zero-order chi connectivity index (χ0) is 47.1. The highest BCUT2D eigenvalue weighted by atomic mass is 32.1. The molecule has 10 aromatic carbocycles. The van der Waals surface area contributed by atoms with E-state index < -0.39 is 0 Å². The molecule has 0 amide bonds. The lowest BCUT2D eigenvalue weighted by Gasteiger charge is -2.42. The second kappa shape index (κ2) is 15.0. The Morgan fingerprint density at radius 3 is 1.83 bits per heavy atom. The van der Waals surface area contributed by atoms with E-state index in [2.05, 4.69) is 223 Å². The molecular formula is C64H44BN3O2S. The van der Waals surface area contributed by atoms with E-state index in [-0.39, 0.29) is 12.3 Å². The molecule has 0 saturated heterocycles. The average Bonchev–Trinajstić information content (AvgIpc) is 3.94. The maximum atomic E-state index is 6.87. The van der Waals surface area contributed by atoms with Crippen molar-refractivity contribution in [3.63, 3.8) is 0 Å². The van der Waals surface area contributed by atoms with Gasteiger partial charge in [0, 0.05) is 66.6 Å². The first kappa shape index (κ1) is 40.4. The molecule has 0 N–H and O–H groups in total. The highest BCUT2D eigenvalue weighted by molar-refractivity contribution is 7.27. The molecule has 12 aromatic rings. The Balaban J connectivity index is 1.12. The van der Waals surface area contributed by atoms with Crippen molar-refractivity contribution >= 4 is 105 Å². The maximum absolute atomic E-state index is 6.87. The molecule has 3 aliphatic rings. The number of thiophene rings is 1. The van der Waals surface area contributed by atoms with Crippen molar-refractivity contribution in [3.8, 4) is 45.3 Å². The molecule has 0 atom stereocenters. The Morgan fingerprint density at radius 2 is 1.11 bits per heavy atom. The van der Waals surface area contributed by atoms with Gasteiger partial charge in [-0.3, -0.25) is 0 Å². The predicted octanol–water partition coefficient (Wildman–Crippen LogP) is 16.9. The Labute approximate surface area is 416 Å². The topological polar surface area (TPSA) is 29.9 Å². The van der Waals surface area contributed by atoms with E-state index in [1.165, 1.54) is 69.7 Å². The monoisotopic (exact) mass is 929 g/mol. The van der Waals surface area contributed by atoms with E-state index in [9.17, 15) is 0 Å². The summed E-state index contributed by atoms with van der Waals surface area (Å²) in [4.78, 5) is 4.96. The van der Waals surface area contributed by atoms with Crippen molar-refractivity contribution < 1.29 is 9.47 Å². The van der Waals surface area contributed by atoms with E-state index in [0.717, 1.165) is 45.2 Å². The van der Waals surface area contributed by atoms with Gasteiger partial charge in [0.15, 0.2) is 23.0 Å². The third-order valence-corrected chi connectivity index (χ3v) is 16.1. The summed E-state index contributed by atoms with van der Waals surface area (Å²) in [7, 11) is 0. The largest absolute Gasteiger partial charge is 0.450 e. The third-order valence-electron chi connectivity index (χ3n) is 14.9. The molecule has 0 fully saturated rings. The van der Waals surface area contributed by atoms with E-state index in [1.54, 1.807) is 0 Å². The molecule has 71 heavy (non-hydrogen) atoms. The molecule has 0 bridgehead atoms. The van der Waals surface area contributed by atoms with Crippen LogP contribution in [0.4, 0.5) is 34.1 Å². The number of hydrogen-bond acceptors (Lipinski definition) is 5. The van der Waals surface area contributed by atoms with Gasteiger partial charge in [0.05, 0.1) is 15.9 Å². The zero-order valence-corrected chi connectivity index (χ0v) is 40.2. The van der Waals surface area contributed by atoms with Crippen molar-refractivity contribution in [2.45, 2.75) is 26.2 Å². The molecule has 0 spiro atoms. The molecule has 15 rings (SSSR count). The lowest BCUT2D eigenvalue weighted by molar-refractivity contribution is 0.360. The minimum Gasteiger partial charge on any atom is -0.450 e. The van der Waals surface area contributed by atoms with Crippen LogP contribution in [0.2, 0.25) is 0 Å². The number of aromatic nitrogens is 1. The molecule has 3 aliphatic heterocycles. The van der Waals surface area contributed by atoms with Crippen LogP contribution in [0.5, 0.6) is 23.0 Å². The van der Waals surface area contributed by atoms with Gasteiger partial charge in [0.2, 0.25) is 0 Å². The fraction of sp³-hybridized carbons (Fsp3) is 0.0625. The number of anilines is 6. The molecule has 5 nitrogen and oxygen atoms in total. The summed E-state index contributed by atoms with van der Waals surface area (Å²) in [6, 6.07) is 77.4. The lowest BCUT2D eigenvalue weighted by atomic mass is 9.44. The Kier molecular flexibility index (Phi) is 8.53. The van der Waals surface area contributed by atoms with Crippen molar-refractivity contribution in [1.29, 1.82) is 0 Å². The Hall–Kier alpha value is -8.52. The van der Waals surface area contributed by atoms with Gasteiger partial charge < -0.3 is 23.8 Å².